The van der Waals surface area contributed by atoms with Crippen molar-refractivity contribution in [2.24, 2.45) is 0 Å². The average Bonchev–Trinajstić information content (AvgIpc) is 2.61. The van der Waals surface area contributed by atoms with Gasteiger partial charge in [-0.15, -0.1) is 0 Å². The third-order valence-electron chi connectivity index (χ3n) is 3.70. The van der Waals surface area contributed by atoms with E-state index in [1.54, 1.807) is 19.1 Å². The fraction of sp³-hybridized carbons (Fsp3) is 0.235. The van der Waals surface area contributed by atoms with E-state index in [2.05, 4.69) is 10.2 Å². The molecule has 25 heavy (non-hydrogen) atoms. The number of halogens is 1. The Morgan fingerprint density at radius 1 is 1.20 bits per heavy atom. The molecule has 2 aromatic rings. The summed E-state index contributed by atoms with van der Waals surface area (Å²) >= 11 is 0. The van der Waals surface area contributed by atoms with Crippen LogP contribution in [-0.2, 0) is 21.4 Å². The predicted octanol–water partition coefficient (Wildman–Crippen LogP) is 2.25. The summed E-state index contributed by atoms with van der Waals surface area (Å²) < 4.78 is 38.4. The van der Waals surface area contributed by atoms with E-state index in [-0.39, 0.29) is 23.2 Å². The maximum Gasteiger partial charge on any atom is 0.264 e. The van der Waals surface area contributed by atoms with Crippen LogP contribution < -0.4 is 5.32 Å². The summed E-state index contributed by atoms with van der Waals surface area (Å²) in [6.07, 6.45) is 0. The first-order chi connectivity index (χ1) is 11.8. The highest BCUT2D eigenvalue weighted by Crippen LogP contribution is 2.15. The molecule has 0 radical (unpaired) electrons. The summed E-state index contributed by atoms with van der Waals surface area (Å²) in [6, 6.07) is 10.2. The molecule has 0 atom stereocenters. The van der Waals surface area contributed by atoms with Crippen LogP contribution in [0.2, 0.25) is 0 Å². The highest BCUT2D eigenvalue weighted by Gasteiger charge is 2.20. The van der Waals surface area contributed by atoms with Crippen LogP contribution in [0.1, 0.15) is 21.5 Å². The zero-order valence-electron chi connectivity index (χ0n) is 14.1. The number of carbonyl (C=O) groups excluding carboxylic acids is 1. The molecular formula is C17H19FN2O4S. The van der Waals surface area contributed by atoms with E-state index in [0.717, 1.165) is 4.47 Å². The molecule has 0 spiro atoms. The molecule has 0 saturated heterocycles. The molecule has 0 saturated carbocycles. The molecule has 0 bridgehead atoms. The van der Waals surface area contributed by atoms with Gasteiger partial charge in [-0.05, 0) is 48.4 Å². The molecule has 2 aromatic carbocycles. The minimum Gasteiger partial charge on any atom is -0.348 e. The van der Waals surface area contributed by atoms with Crippen LogP contribution >= 0.6 is 0 Å². The first-order valence-electron chi connectivity index (χ1n) is 7.42. The molecule has 0 unspecified atom stereocenters. The molecule has 0 heterocycles. The lowest BCUT2D eigenvalue weighted by molar-refractivity contribution is -0.0258. The Kier molecular flexibility index (Phi) is 5.89. The van der Waals surface area contributed by atoms with Crippen molar-refractivity contribution in [1.82, 2.24) is 9.79 Å². The molecule has 0 aliphatic rings. The number of amides is 1. The van der Waals surface area contributed by atoms with Crippen molar-refractivity contribution >= 4 is 15.9 Å². The second-order valence-electron chi connectivity index (χ2n) is 5.39. The summed E-state index contributed by atoms with van der Waals surface area (Å²) in [5.74, 6) is -0.714. The van der Waals surface area contributed by atoms with Crippen LogP contribution in [0.25, 0.3) is 0 Å². The first-order valence-corrected chi connectivity index (χ1v) is 8.86. The second-order valence-corrected chi connectivity index (χ2v) is 7.32. The number of nitrogens with zero attached hydrogens (tertiary/aromatic N) is 1. The van der Waals surface area contributed by atoms with Crippen LogP contribution in [0.4, 0.5) is 4.39 Å². The zero-order chi connectivity index (χ0) is 18.6. The summed E-state index contributed by atoms with van der Waals surface area (Å²) in [4.78, 5) is 16.8. The molecule has 6 nitrogen and oxygen atoms in total. The van der Waals surface area contributed by atoms with Crippen molar-refractivity contribution in [3.05, 3.63) is 65.0 Å². The van der Waals surface area contributed by atoms with E-state index in [0.29, 0.717) is 16.7 Å². The molecule has 2 rings (SSSR count). The number of benzene rings is 2. The molecule has 0 aliphatic heterocycles. The van der Waals surface area contributed by atoms with E-state index in [4.69, 9.17) is 0 Å². The lowest BCUT2D eigenvalue weighted by atomic mass is 10.1. The van der Waals surface area contributed by atoms with Gasteiger partial charge in [0.25, 0.3) is 15.9 Å². The van der Waals surface area contributed by atoms with Gasteiger partial charge >= 0.3 is 0 Å². The molecule has 134 valence electrons. The average molecular weight is 366 g/mol. The van der Waals surface area contributed by atoms with Crippen LogP contribution in [0.5, 0.6) is 0 Å². The third-order valence-corrected chi connectivity index (χ3v) is 5.39. The fourth-order valence-corrected chi connectivity index (χ4v) is 3.03. The summed E-state index contributed by atoms with van der Waals surface area (Å²) in [5, 5.41) is 2.66. The molecule has 1 amide bonds. The molecule has 0 fully saturated rings. The largest absolute Gasteiger partial charge is 0.348 e. The Balaban J connectivity index is 2.06. The smallest absolute Gasteiger partial charge is 0.264 e. The first kappa shape index (κ1) is 19.0. The molecule has 0 aromatic heterocycles. The Labute approximate surface area is 146 Å². The standard InChI is InChI=1S/C17H19FN2O4S/c1-12-4-5-13(10-16(12)18)11-19-17(21)14-6-8-15(9-7-14)25(22,23)20(2)24-3/h4-10H,11H2,1-3H3,(H,19,21). The van der Waals surface area contributed by atoms with E-state index in [9.17, 15) is 17.6 Å². The monoisotopic (exact) mass is 366 g/mol. The van der Waals surface area contributed by atoms with Gasteiger partial charge in [-0.25, -0.2) is 12.8 Å². The summed E-state index contributed by atoms with van der Waals surface area (Å²) in [7, 11) is -1.24. The molecular weight excluding hydrogens is 347 g/mol. The quantitative estimate of drug-likeness (QED) is 0.796. The number of aryl methyl sites for hydroxylation is 1. The van der Waals surface area contributed by atoms with Crippen molar-refractivity contribution in [2.45, 2.75) is 18.4 Å². The normalized spacial score (nSPS) is 11.6. The summed E-state index contributed by atoms with van der Waals surface area (Å²) in [5.41, 5.74) is 1.47. The van der Waals surface area contributed by atoms with Crippen molar-refractivity contribution < 1.29 is 22.4 Å². The lowest BCUT2D eigenvalue weighted by Crippen LogP contribution is -2.26. The maximum atomic E-state index is 13.5. The van der Waals surface area contributed by atoms with Gasteiger partial charge in [-0.3, -0.25) is 9.63 Å². The van der Waals surface area contributed by atoms with Gasteiger partial charge in [0.2, 0.25) is 0 Å². The van der Waals surface area contributed by atoms with Crippen molar-refractivity contribution in [1.29, 1.82) is 0 Å². The number of hydrogen-bond donors (Lipinski definition) is 1. The van der Waals surface area contributed by atoms with E-state index < -0.39 is 10.0 Å². The predicted molar refractivity (Wildman–Crippen MR) is 90.7 cm³/mol. The minimum absolute atomic E-state index is 0.00834. The van der Waals surface area contributed by atoms with Crippen molar-refractivity contribution in [2.75, 3.05) is 14.2 Å². The highest BCUT2D eigenvalue weighted by molar-refractivity contribution is 7.89. The van der Waals surface area contributed by atoms with Gasteiger partial charge in [0.15, 0.2) is 0 Å². The molecule has 1 N–H and O–H groups in total. The Hall–Kier alpha value is -2.29. The van der Waals surface area contributed by atoms with Crippen LogP contribution in [-0.4, -0.2) is 33.0 Å². The second kappa shape index (κ2) is 7.73. The number of hydroxylamine groups is 1. The Morgan fingerprint density at radius 2 is 1.84 bits per heavy atom. The number of rotatable bonds is 6. The van der Waals surface area contributed by atoms with E-state index in [1.165, 1.54) is 44.5 Å². The molecule has 0 aliphatic carbocycles. The van der Waals surface area contributed by atoms with Gasteiger partial charge in [0, 0.05) is 19.2 Å². The van der Waals surface area contributed by atoms with Gasteiger partial charge in [-0.2, -0.15) is 0 Å². The Bertz CT molecular complexity index is 867. The van der Waals surface area contributed by atoms with E-state index in [1.807, 2.05) is 0 Å². The SMILES string of the molecule is CON(C)S(=O)(=O)c1ccc(C(=O)NCc2ccc(C)c(F)c2)cc1. The molecule has 8 heteroatoms. The topological polar surface area (TPSA) is 75.7 Å². The maximum absolute atomic E-state index is 13.5. The zero-order valence-corrected chi connectivity index (χ0v) is 14.9. The Morgan fingerprint density at radius 3 is 2.40 bits per heavy atom. The number of nitrogens with one attached hydrogen (secondary N) is 1. The third kappa shape index (κ3) is 4.41. The highest BCUT2D eigenvalue weighted by atomic mass is 32.2. The number of carbonyl (C=O) groups is 1. The fourth-order valence-electron chi connectivity index (χ4n) is 2.06. The van der Waals surface area contributed by atoms with Gasteiger partial charge in [0.1, 0.15) is 5.82 Å². The van der Waals surface area contributed by atoms with Crippen molar-refractivity contribution in [3.63, 3.8) is 0 Å². The minimum atomic E-state index is -3.76. The van der Waals surface area contributed by atoms with Crippen molar-refractivity contribution in [3.8, 4) is 0 Å². The number of hydrogen-bond acceptors (Lipinski definition) is 4. The van der Waals surface area contributed by atoms with Crippen LogP contribution in [0, 0.1) is 12.7 Å². The van der Waals surface area contributed by atoms with Gasteiger partial charge in [0.05, 0.1) is 12.0 Å². The van der Waals surface area contributed by atoms with E-state index >= 15 is 0 Å². The lowest BCUT2D eigenvalue weighted by Gasteiger charge is -2.14. The van der Waals surface area contributed by atoms with Crippen LogP contribution in [0.3, 0.4) is 0 Å². The number of sulfonamides is 1. The van der Waals surface area contributed by atoms with Gasteiger partial charge in [-0.1, -0.05) is 16.6 Å². The summed E-state index contributed by atoms with van der Waals surface area (Å²) in [6.45, 7) is 1.83. The van der Waals surface area contributed by atoms with Crippen LogP contribution in [0.15, 0.2) is 47.4 Å². The van der Waals surface area contributed by atoms with Gasteiger partial charge < -0.3 is 5.32 Å².